The molecule has 1 aliphatic heterocycles. The summed E-state index contributed by atoms with van der Waals surface area (Å²) in [4.78, 5) is 23.5. The Morgan fingerprint density at radius 3 is 2.84 bits per heavy atom. The number of alkyl halides is 2. The van der Waals surface area contributed by atoms with Crippen molar-refractivity contribution in [3.05, 3.63) is 36.0 Å². The standard InChI is InChI=1S/C17H12F2N2O4/c18-17(19)24-9-2-3-10-8(7-9)1-5-12-14(10)15(21-25-12)11-4-6-13(22)20-16(11)23/h1-3,5,7,11,17H,4,6H2,(H,20,22,23)/t11-/m0/s1. The summed E-state index contributed by atoms with van der Waals surface area (Å²) in [5.74, 6) is -1.28. The second kappa shape index (κ2) is 5.80. The Labute approximate surface area is 139 Å². The van der Waals surface area contributed by atoms with Crippen LogP contribution in [-0.4, -0.2) is 23.6 Å². The molecular formula is C17H12F2N2O4. The van der Waals surface area contributed by atoms with Gasteiger partial charge in [-0.1, -0.05) is 11.2 Å². The molecule has 4 rings (SSSR count). The molecule has 1 saturated heterocycles. The first-order valence-electron chi connectivity index (χ1n) is 7.63. The highest BCUT2D eigenvalue weighted by atomic mass is 19.3. The molecule has 8 heteroatoms. The summed E-state index contributed by atoms with van der Waals surface area (Å²) in [5.41, 5.74) is 0.919. The molecule has 0 radical (unpaired) electrons. The number of imide groups is 1. The summed E-state index contributed by atoms with van der Waals surface area (Å²) in [5, 5.41) is 8.31. The van der Waals surface area contributed by atoms with Gasteiger partial charge in [-0.15, -0.1) is 0 Å². The van der Waals surface area contributed by atoms with E-state index < -0.39 is 18.4 Å². The van der Waals surface area contributed by atoms with Gasteiger partial charge in [-0.2, -0.15) is 8.78 Å². The van der Waals surface area contributed by atoms with Crippen molar-refractivity contribution in [1.29, 1.82) is 0 Å². The minimum absolute atomic E-state index is 0.0425. The highest BCUT2D eigenvalue weighted by molar-refractivity contribution is 6.10. The van der Waals surface area contributed by atoms with Crippen LogP contribution < -0.4 is 10.1 Å². The summed E-state index contributed by atoms with van der Waals surface area (Å²) in [6.07, 6.45) is 0.567. The van der Waals surface area contributed by atoms with Crippen molar-refractivity contribution in [2.45, 2.75) is 25.4 Å². The van der Waals surface area contributed by atoms with Gasteiger partial charge in [0.15, 0.2) is 5.58 Å². The number of nitrogens with zero attached hydrogens (tertiary/aromatic N) is 1. The third-order valence-electron chi connectivity index (χ3n) is 4.25. The SMILES string of the molecule is O=C1CC[C@@H](c2noc3ccc4cc(OC(F)F)ccc4c23)C(=O)N1. The van der Waals surface area contributed by atoms with Gasteiger partial charge >= 0.3 is 6.61 Å². The molecule has 1 fully saturated rings. The van der Waals surface area contributed by atoms with Gasteiger partial charge in [0.1, 0.15) is 11.4 Å². The maximum atomic E-state index is 12.4. The third kappa shape index (κ3) is 2.69. The van der Waals surface area contributed by atoms with Crippen molar-refractivity contribution in [1.82, 2.24) is 10.5 Å². The number of amides is 2. The van der Waals surface area contributed by atoms with E-state index in [1.807, 2.05) is 0 Å². The van der Waals surface area contributed by atoms with Gasteiger partial charge in [0, 0.05) is 6.42 Å². The molecule has 0 bridgehead atoms. The van der Waals surface area contributed by atoms with Crippen LogP contribution in [0.25, 0.3) is 21.7 Å². The first kappa shape index (κ1) is 15.5. The van der Waals surface area contributed by atoms with Crippen LogP contribution in [0.15, 0.2) is 34.9 Å². The Balaban J connectivity index is 1.84. The smallest absolute Gasteiger partial charge is 0.387 e. The molecule has 25 heavy (non-hydrogen) atoms. The van der Waals surface area contributed by atoms with E-state index in [4.69, 9.17) is 4.52 Å². The number of piperidine rings is 1. The average molecular weight is 346 g/mol. The fourth-order valence-electron chi connectivity index (χ4n) is 3.14. The number of carbonyl (C=O) groups excluding carboxylic acids is 2. The zero-order valence-corrected chi connectivity index (χ0v) is 12.8. The van der Waals surface area contributed by atoms with Crippen LogP contribution in [0.5, 0.6) is 5.75 Å². The molecule has 0 aliphatic carbocycles. The molecule has 3 aromatic rings. The van der Waals surface area contributed by atoms with Gasteiger partial charge in [0.05, 0.1) is 11.3 Å². The summed E-state index contributed by atoms with van der Waals surface area (Å²) >= 11 is 0. The summed E-state index contributed by atoms with van der Waals surface area (Å²) < 4.78 is 34.5. The molecule has 0 unspecified atom stereocenters. The maximum absolute atomic E-state index is 12.4. The Morgan fingerprint density at radius 1 is 1.24 bits per heavy atom. The van der Waals surface area contributed by atoms with E-state index in [0.717, 1.165) is 0 Å². The van der Waals surface area contributed by atoms with E-state index in [2.05, 4.69) is 15.2 Å². The molecule has 1 aliphatic rings. The van der Waals surface area contributed by atoms with Crippen molar-refractivity contribution in [2.75, 3.05) is 0 Å². The Hall–Kier alpha value is -3.03. The monoisotopic (exact) mass is 346 g/mol. The molecule has 0 saturated carbocycles. The highest BCUT2D eigenvalue weighted by Crippen LogP contribution is 2.36. The Bertz CT molecular complexity index is 999. The van der Waals surface area contributed by atoms with Crippen LogP contribution in [0.1, 0.15) is 24.5 Å². The minimum atomic E-state index is -2.91. The molecule has 1 N–H and O–H groups in total. The molecule has 1 atom stereocenters. The lowest BCUT2D eigenvalue weighted by Gasteiger charge is -2.19. The fraction of sp³-hybridized carbons (Fsp3) is 0.235. The third-order valence-corrected chi connectivity index (χ3v) is 4.25. The van der Waals surface area contributed by atoms with Crippen LogP contribution >= 0.6 is 0 Å². The molecule has 6 nitrogen and oxygen atoms in total. The van der Waals surface area contributed by atoms with Crippen molar-refractivity contribution in [3.63, 3.8) is 0 Å². The maximum Gasteiger partial charge on any atom is 0.387 e. The minimum Gasteiger partial charge on any atom is -0.435 e. The number of hydrogen-bond donors (Lipinski definition) is 1. The van der Waals surface area contributed by atoms with Gasteiger partial charge < -0.3 is 9.26 Å². The number of nitrogens with one attached hydrogen (secondary N) is 1. The van der Waals surface area contributed by atoms with Crippen molar-refractivity contribution < 1.29 is 27.6 Å². The lowest BCUT2D eigenvalue weighted by atomic mass is 9.91. The fourth-order valence-corrected chi connectivity index (χ4v) is 3.14. The van der Waals surface area contributed by atoms with E-state index in [-0.39, 0.29) is 18.1 Å². The number of halogens is 2. The second-order valence-corrected chi connectivity index (χ2v) is 5.77. The molecule has 1 aromatic heterocycles. The summed E-state index contributed by atoms with van der Waals surface area (Å²) in [6.45, 7) is -2.91. The number of ether oxygens (including phenoxy) is 1. The summed E-state index contributed by atoms with van der Waals surface area (Å²) in [6, 6.07) is 7.90. The zero-order chi connectivity index (χ0) is 17.6. The lowest BCUT2D eigenvalue weighted by molar-refractivity contribution is -0.134. The number of benzene rings is 2. The van der Waals surface area contributed by atoms with Crippen molar-refractivity contribution in [2.24, 2.45) is 0 Å². The number of hydrogen-bond acceptors (Lipinski definition) is 5. The van der Waals surface area contributed by atoms with E-state index >= 15 is 0 Å². The molecule has 2 aromatic carbocycles. The van der Waals surface area contributed by atoms with Crippen LogP contribution in [0.3, 0.4) is 0 Å². The molecular weight excluding hydrogens is 334 g/mol. The first-order chi connectivity index (χ1) is 12.0. The predicted octanol–water partition coefficient (Wildman–Crippen LogP) is 3.10. The molecule has 128 valence electrons. The van der Waals surface area contributed by atoms with E-state index in [1.165, 1.54) is 12.1 Å². The Kier molecular flexibility index (Phi) is 3.60. The topological polar surface area (TPSA) is 81.4 Å². The zero-order valence-electron chi connectivity index (χ0n) is 12.8. The number of carbonyl (C=O) groups is 2. The van der Waals surface area contributed by atoms with E-state index in [1.54, 1.807) is 18.2 Å². The average Bonchev–Trinajstić information content (AvgIpc) is 2.98. The number of rotatable bonds is 3. The number of aromatic nitrogens is 1. The van der Waals surface area contributed by atoms with E-state index in [9.17, 15) is 18.4 Å². The quantitative estimate of drug-likeness (QED) is 0.737. The van der Waals surface area contributed by atoms with Crippen LogP contribution in [0.2, 0.25) is 0 Å². The van der Waals surface area contributed by atoms with Crippen LogP contribution in [0.4, 0.5) is 8.78 Å². The molecule has 0 spiro atoms. The second-order valence-electron chi connectivity index (χ2n) is 5.77. The van der Waals surface area contributed by atoms with Crippen LogP contribution in [0, 0.1) is 0 Å². The van der Waals surface area contributed by atoms with E-state index in [0.29, 0.717) is 33.9 Å². The van der Waals surface area contributed by atoms with Crippen molar-refractivity contribution >= 4 is 33.6 Å². The first-order valence-corrected chi connectivity index (χ1v) is 7.63. The molecule has 2 heterocycles. The van der Waals surface area contributed by atoms with Crippen LogP contribution in [-0.2, 0) is 9.59 Å². The summed E-state index contributed by atoms with van der Waals surface area (Å²) in [7, 11) is 0. The largest absolute Gasteiger partial charge is 0.435 e. The van der Waals surface area contributed by atoms with Gasteiger partial charge in [0.25, 0.3) is 0 Å². The van der Waals surface area contributed by atoms with Gasteiger partial charge in [-0.05, 0) is 41.5 Å². The lowest BCUT2D eigenvalue weighted by Crippen LogP contribution is -2.39. The molecule has 2 amide bonds. The van der Waals surface area contributed by atoms with Gasteiger partial charge in [-0.25, -0.2) is 0 Å². The normalized spacial score (nSPS) is 18.1. The highest BCUT2D eigenvalue weighted by Gasteiger charge is 2.32. The van der Waals surface area contributed by atoms with Gasteiger partial charge in [-0.3, -0.25) is 14.9 Å². The predicted molar refractivity (Wildman–Crippen MR) is 83.3 cm³/mol. The number of fused-ring (bicyclic) bond motifs is 3. The van der Waals surface area contributed by atoms with Gasteiger partial charge in [0.2, 0.25) is 11.8 Å². The Morgan fingerprint density at radius 2 is 2.08 bits per heavy atom. The van der Waals surface area contributed by atoms with Crippen molar-refractivity contribution in [3.8, 4) is 5.75 Å².